The second-order valence-electron chi connectivity index (χ2n) is 3.63. The molecule has 0 aliphatic carbocycles. The molecule has 5 heteroatoms. The number of ketones is 1. The Bertz CT molecular complexity index is 458. The van der Waals surface area contributed by atoms with Crippen molar-refractivity contribution in [3.63, 3.8) is 0 Å². The number of nitrogens with two attached hydrogens (primary N) is 1. The molecule has 0 heterocycles. The monoisotopic (exact) mass is 241 g/mol. The van der Waals surface area contributed by atoms with Gasteiger partial charge in [-0.2, -0.15) is 0 Å². The number of hydrogen-bond donors (Lipinski definition) is 1. The van der Waals surface area contributed by atoms with E-state index in [-0.39, 0.29) is 35.0 Å². The molecule has 1 aromatic carbocycles. The van der Waals surface area contributed by atoms with Crippen molar-refractivity contribution in [1.82, 2.24) is 0 Å². The smallest absolute Gasteiger partial charge is 0.180 e. The maximum absolute atomic E-state index is 13.9. The van der Waals surface area contributed by atoms with Crippen LogP contribution in [-0.2, 0) is 0 Å². The summed E-state index contributed by atoms with van der Waals surface area (Å²) >= 11 is 0. The number of carbonyl (C=O) groups excluding carboxylic acids is 1. The number of methoxy groups -OCH3 is 2. The van der Waals surface area contributed by atoms with Crippen LogP contribution in [-0.4, -0.2) is 26.5 Å². The fourth-order valence-electron chi connectivity index (χ4n) is 1.84. The predicted octanol–water partition coefficient (Wildman–Crippen LogP) is 1.60. The van der Waals surface area contributed by atoms with Gasteiger partial charge < -0.3 is 15.2 Å². The Labute approximate surface area is 99.5 Å². The maximum atomic E-state index is 13.9. The largest absolute Gasteiger partial charge is 0.496 e. The van der Waals surface area contributed by atoms with Gasteiger partial charge in [0.05, 0.1) is 26.3 Å². The highest BCUT2D eigenvalue weighted by Crippen LogP contribution is 2.36. The minimum atomic E-state index is -0.518. The van der Waals surface area contributed by atoms with Crippen LogP contribution in [0.5, 0.6) is 11.5 Å². The molecule has 0 bridgehead atoms. The van der Waals surface area contributed by atoms with Crippen LogP contribution in [0.1, 0.15) is 21.5 Å². The van der Waals surface area contributed by atoms with Gasteiger partial charge in [-0.1, -0.05) is 0 Å². The highest BCUT2D eigenvalue weighted by atomic mass is 19.1. The first-order valence-electron chi connectivity index (χ1n) is 5.13. The van der Waals surface area contributed by atoms with E-state index in [1.165, 1.54) is 21.1 Å². The average molecular weight is 241 g/mol. The molecule has 0 unspecified atom stereocenters. The third kappa shape index (κ3) is 2.10. The highest BCUT2D eigenvalue weighted by molar-refractivity contribution is 6.02. The number of rotatable bonds is 4. The molecule has 0 aliphatic heterocycles. The quantitative estimate of drug-likeness (QED) is 0.813. The molecule has 1 rings (SSSR count). The Kier molecular flexibility index (Phi) is 4.07. The zero-order valence-corrected chi connectivity index (χ0v) is 10.4. The first-order valence-corrected chi connectivity index (χ1v) is 5.13. The predicted molar refractivity (Wildman–Crippen MR) is 62.4 cm³/mol. The lowest BCUT2D eigenvalue weighted by atomic mass is 9.98. The number of ether oxygens (including phenoxy) is 2. The first kappa shape index (κ1) is 13.4. The molecule has 1 aromatic rings. The van der Waals surface area contributed by atoms with E-state index in [4.69, 9.17) is 15.2 Å². The lowest BCUT2D eigenvalue weighted by Gasteiger charge is -2.17. The zero-order chi connectivity index (χ0) is 13.2. The number of benzene rings is 1. The van der Waals surface area contributed by atoms with Gasteiger partial charge in [0, 0.05) is 11.1 Å². The van der Waals surface area contributed by atoms with Crippen molar-refractivity contribution in [3.8, 4) is 11.5 Å². The first-order chi connectivity index (χ1) is 7.99. The molecular formula is C12H16FNO3. The minimum absolute atomic E-state index is 0.0556. The Morgan fingerprint density at radius 1 is 1.18 bits per heavy atom. The van der Waals surface area contributed by atoms with Gasteiger partial charge in [-0.05, 0) is 13.8 Å². The van der Waals surface area contributed by atoms with E-state index in [0.717, 1.165) is 0 Å². The van der Waals surface area contributed by atoms with Crippen molar-refractivity contribution in [2.24, 2.45) is 5.73 Å². The Morgan fingerprint density at radius 3 is 2.12 bits per heavy atom. The molecule has 17 heavy (non-hydrogen) atoms. The summed E-state index contributed by atoms with van der Waals surface area (Å²) in [5, 5.41) is 0. The summed E-state index contributed by atoms with van der Waals surface area (Å²) in [6, 6.07) is 0. The van der Waals surface area contributed by atoms with Crippen molar-refractivity contribution < 1.29 is 18.7 Å². The molecule has 0 aromatic heterocycles. The minimum Gasteiger partial charge on any atom is -0.496 e. The van der Waals surface area contributed by atoms with Gasteiger partial charge in [0.2, 0.25) is 0 Å². The molecule has 0 saturated heterocycles. The van der Waals surface area contributed by atoms with Gasteiger partial charge in [0.25, 0.3) is 0 Å². The maximum Gasteiger partial charge on any atom is 0.180 e. The summed E-state index contributed by atoms with van der Waals surface area (Å²) in [7, 11) is 2.75. The topological polar surface area (TPSA) is 61.5 Å². The van der Waals surface area contributed by atoms with Crippen LogP contribution in [0.25, 0.3) is 0 Å². The molecule has 0 aliphatic rings. The van der Waals surface area contributed by atoms with Gasteiger partial charge in [0.15, 0.2) is 17.3 Å². The van der Waals surface area contributed by atoms with Crippen LogP contribution in [0.2, 0.25) is 0 Å². The second kappa shape index (κ2) is 5.14. The van der Waals surface area contributed by atoms with E-state index >= 15 is 0 Å². The summed E-state index contributed by atoms with van der Waals surface area (Å²) in [5.41, 5.74) is 6.27. The van der Waals surface area contributed by atoms with E-state index in [0.29, 0.717) is 5.56 Å². The van der Waals surface area contributed by atoms with Gasteiger partial charge in [0.1, 0.15) is 5.75 Å². The fourth-order valence-corrected chi connectivity index (χ4v) is 1.84. The van der Waals surface area contributed by atoms with Crippen molar-refractivity contribution in [2.45, 2.75) is 13.8 Å². The number of carbonyl (C=O) groups is 1. The van der Waals surface area contributed by atoms with Gasteiger partial charge >= 0.3 is 0 Å². The summed E-state index contributed by atoms with van der Waals surface area (Å²) in [6.45, 7) is 2.97. The molecule has 2 N–H and O–H groups in total. The second-order valence-corrected chi connectivity index (χ2v) is 3.63. The van der Waals surface area contributed by atoms with Gasteiger partial charge in [-0.15, -0.1) is 0 Å². The summed E-state index contributed by atoms with van der Waals surface area (Å²) < 4.78 is 24.0. The molecule has 0 saturated carbocycles. The van der Waals surface area contributed by atoms with E-state index in [1.807, 2.05) is 0 Å². The van der Waals surface area contributed by atoms with Crippen LogP contribution in [0.3, 0.4) is 0 Å². The average Bonchev–Trinajstić information content (AvgIpc) is 2.33. The fraction of sp³-hybridized carbons (Fsp3) is 0.417. The summed E-state index contributed by atoms with van der Waals surface area (Å²) in [6.07, 6.45) is 0. The molecule has 0 atom stereocenters. The Balaban J connectivity index is 3.67. The van der Waals surface area contributed by atoms with Crippen molar-refractivity contribution in [1.29, 1.82) is 0 Å². The van der Waals surface area contributed by atoms with Crippen LogP contribution in [0.15, 0.2) is 0 Å². The van der Waals surface area contributed by atoms with Crippen LogP contribution >= 0.6 is 0 Å². The summed E-state index contributed by atoms with van der Waals surface area (Å²) in [5.74, 6) is -0.549. The number of hydrogen-bond acceptors (Lipinski definition) is 4. The highest BCUT2D eigenvalue weighted by Gasteiger charge is 2.24. The van der Waals surface area contributed by atoms with E-state index < -0.39 is 5.82 Å². The lowest BCUT2D eigenvalue weighted by molar-refractivity contribution is 0.0997. The Morgan fingerprint density at radius 2 is 1.71 bits per heavy atom. The van der Waals surface area contributed by atoms with Crippen molar-refractivity contribution in [2.75, 3.05) is 20.8 Å². The standard InChI is InChI=1S/C12H16FNO3/c1-6-9(8(15)5-14)11(16-3)7(2)10(13)12(6)17-4/h5,14H2,1-4H3. The van der Waals surface area contributed by atoms with E-state index in [1.54, 1.807) is 6.92 Å². The molecule has 4 nitrogen and oxygen atoms in total. The van der Waals surface area contributed by atoms with Crippen LogP contribution in [0.4, 0.5) is 4.39 Å². The van der Waals surface area contributed by atoms with E-state index in [2.05, 4.69) is 0 Å². The van der Waals surface area contributed by atoms with Crippen LogP contribution < -0.4 is 15.2 Å². The molecular weight excluding hydrogens is 225 g/mol. The normalized spacial score (nSPS) is 10.2. The lowest BCUT2D eigenvalue weighted by Crippen LogP contribution is -2.17. The Hall–Kier alpha value is -1.62. The molecule has 0 amide bonds. The van der Waals surface area contributed by atoms with Crippen molar-refractivity contribution in [3.05, 3.63) is 22.5 Å². The third-order valence-electron chi connectivity index (χ3n) is 2.68. The molecule has 0 spiro atoms. The van der Waals surface area contributed by atoms with E-state index in [9.17, 15) is 9.18 Å². The SMILES string of the molecule is COc1c(C)c(C(=O)CN)c(OC)c(C)c1F. The molecule has 94 valence electrons. The summed E-state index contributed by atoms with van der Waals surface area (Å²) in [4.78, 5) is 11.8. The number of Topliss-reactive ketones (excluding diaryl/α,β-unsaturated/α-hetero) is 1. The third-order valence-corrected chi connectivity index (χ3v) is 2.68. The van der Waals surface area contributed by atoms with Crippen LogP contribution in [0, 0.1) is 19.7 Å². The zero-order valence-electron chi connectivity index (χ0n) is 10.4. The van der Waals surface area contributed by atoms with Crippen molar-refractivity contribution >= 4 is 5.78 Å². The van der Waals surface area contributed by atoms with Gasteiger partial charge in [-0.25, -0.2) is 4.39 Å². The van der Waals surface area contributed by atoms with Gasteiger partial charge in [-0.3, -0.25) is 4.79 Å². The number of halogens is 1. The molecule has 0 fully saturated rings. The molecule has 0 radical (unpaired) electrons.